The number of hydrogen-bond donors (Lipinski definition) is 2. The maximum atomic E-state index is 5.66. The zero-order valence-corrected chi connectivity index (χ0v) is 8.53. The fourth-order valence-electron chi connectivity index (χ4n) is 1.60. The Balaban J connectivity index is 2.58. The molecule has 78 valence electrons. The van der Waals surface area contributed by atoms with Crippen molar-refractivity contribution in [3.8, 4) is 11.3 Å². The van der Waals surface area contributed by atoms with E-state index >= 15 is 0 Å². The minimum Gasteiger partial charge on any atom is -0.429 e. The van der Waals surface area contributed by atoms with E-state index in [2.05, 4.69) is 4.98 Å². The predicted octanol–water partition coefficient (Wildman–Crippen LogP) is 1.69. The number of hydrogen-bond acceptors (Lipinski definition) is 4. The highest BCUT2D eigenvalue weighted by molar-refractivity contribution is 5.66. The molecular formula is C11H13N3O. The lowest BCUT2D eigenvalue weighted by Gasteiger charge is -2.04. The van der Waals surface area contributed by atoms with Crippen molar-refractivity contribution >= 4 is 6.01 Å². The van der Waals surface area contributed by atoms with Crippen LogP contribution in [0.15, 0.2) is 28.7 Å². The van der Waals surface area contributed by atoms with Gasteiger partial charge in [0.15, 0.2) is 0 Å². The number of aryl methyl sites for hydroxylation is 1. The molecule has 0 saturated heterocycles. The molecule has 4 nitrogen and oxygen atoms in total. The van der Waals surface area contributed by atoms with Crippen molar-refractivity contribution in [3.05, 3.63) is 35.6 Å². The van der Waals surface area contributed by atoms with Crippen LogP contribution in [-0.2, 0) is 6.54 Å². The van der Waals surface area contributed by atoms with E-state index in [4.69, 9.17) is 15.9 Å². The third-order valence-electron chi connectivity index (χ3n) is 2.31. The van der Waals surface area contributed by atoms with Gasteiger partial charge in [-0.2, -0.15) is 4.98 Å². The van der Waals surface area contributed by atoms with Crippen LogP contribution in [0.25, 0.3) is 11.3 Å². The highest BCUT2D eigenvalue weighted by Crippen LogP contribution is 2.27. The van der Waals surface area contributed by atoms with Crippen LogP contribution in [0.3, 0.4) is 0 Å². The number of oxazole rings is 1. The maximum Gasteiger partial charge on any atom is 0.292 e. The summed E-state index contributed by atoms with van der Waals surface area (Å²) >= 11 is 0. The average Bonchev–Trinajstić information content (AvgIpc) is 2.57. The first-order chi connectivity index (χ1) is 7.22. The van der Waals surface area contributed by atoms with Gasteiger partial charge in [0, 0.05) is 12.1 Å². The zero-order valence-electron chi connectivity index (χ0n) is 8.53. The summed E-state index contributed by atoms with van der Waals surface area (Å²) in [6.45, 7) is 2.31. The van der Waals surface area contributed by atoms with Gasteiger partial charge in [-0.05, 0) is 12.5 Å². The van der Waals surface area contributed by atoms with Crippen LogP contribution >= 0.6 is 0 Å². The molecule has 0 aliphatic rings. The summed E-state index contributed by atoms with van der Waals surface area (Å²) in [6, 6.07) is 8.02. The van der Waals surface area contributed by atoms with Gasteiger partial charge in [-0.1, -0.05) is 24.3 Å². The molecule has 0 atom stereocenters. The number of aromatic nitrogens is 1. The molecule has 4 N–H and O–H groups in total. The molecule has 15 heavy (non-hydrogen) atoms. The summed E-state index contributed by atoms with van der Waals surface area (Å²) < 4.78 is 5.19. The topological polar surface area (TPSA) is 78.1 Å². The third-order valence-corrected chi connectivity index (χ3v) is 2.31. The standard InChI is InChI=1S/C11H13N3O/c1-7-10(14-11(13)15-7)9-5-3-2-4-8(9)6-12/h2-5H,6,12H2,1H3,(H2,13,14). The number of nitrogen functional groups attached to an aromatic ring is 1. The second-order valence-electron chi connectivity index (χ2n) is 3.32. The molecule has 2 aromatic rings. The van der Waals surface area contributed by atoms with Crippen LogP contribution in [-0.4, -0.2) is 4.98 Å². The third kappa shape index (κ3) is 1.71. The van der Waals surface area contributed by atoms with Crippen LogP contribution in [0, 0.1) is 6.92 Å². The first-order valence-corrected chi connectivity index (χ1v) is 4.73. The van der Waals surface area contributed by atoms with Crippen LogP contribution < -0.4 is 11.5 Å². The largest absolute Gasteiger partial charge is 0.429 e. The Labute approximate surface area is 87.9 Å². The van der Waals surface area contributed by atoms with E-state index < -0.39 is 0 Å². The molecule has 0 bridgehead atoms. The maximum absolute atomic E-state index is 5.66. The SMILES string of the molecule is Cc1oc(N)nc1-c1ccccc1CN. The van der Waals surface area contributed by atoms with Gasteiger partial charge in [0.1, 0.15) is 11.5 Å². The van der Waals surface area contributed by atoms with Gasteiger partial charge in [-0.15, -0.1) is 0 Å². The summed E-state index contributed by atoms with van der Waals surface area (Å²) in [4.78, 5) is 4.14. The van der Waals surface area contributed by atoms with E-state index in [0.717, 1.165) is 16.8 Å². The normalized spacial score (nSPS) is 10.5. The van der Waals surface area contributed by atoms with E-state index in [9.17, 15) is 0 Å². The zero-order chi connectivity index (χ0) is 10.8. The van der Waals surface area contributed by atoms with Crippen LogP contribution in [0.5, 0.6) is 0 Å². The van der Waals surface area contributed by atoms with Crippen molar-refractivity contribution < 1.29 is 4.42 Å². The van der Waals surface area contributed by atoms with Gasteiger partial charge in [0.2, 0.25) is 0 Å². The minimum atomic E-state index is 0.189. The molecule has 0 unspecified atom stereocenters. The van der Waals surface area contributed by atoms with E-state index in [1.807, 2.05) is 31.2 Å². The summed E-state index contributed by atoms with van der Waals surface area (Å²) in [7, 11) is 0. The molecule has 1 aromatic carbocycles. The monoisotopic (exact) mass is 203 g/mol. The quantitative estimate of drug-likeness (QED) is 0.778. The van der Waals surface area contributed by atoms with Crippen molar-refractivity contribution in [2.24, 2.45) is 5.73 Å². The Morgan fingerprint density at radius 1 is 1.33 bits per heavy atom. The highest BCUT2D eigenvalue weighted by Gasteiger charge is 2.12. The Bertz CT molecular complexity index is 476. The molecule has 4 heteroatoms. The fourth-order valence-corrected chi connectivity index (χ4v) is 1.60. The van der Waals surface area contributed by atoms with Gasteiger partial charge in [-0.25, -0.2) is 0 Å². The smallest absolute Gasteiger partial charge is 0.292 e. The van der Waals surface area contributed by atoms with E-state index in [1.54, 1.807) is 0 Å². The van der Waals surface area contributed by atoms with Crippen molar-refractivity contribution in [2.75, 3.05) is 5.73 Å². The molecule has 0 amide bonds. The van der Waals surface area contributed by atoms with Gasteiger partial charge in [0.25, 0.3) is 6.01 Å². The van der Waals surface area contributed by atoms with Crippen LogP contribution in [0.1, 0.15) is 11.3 Å². The molecule has 0 fully saturated rings. The lowest BCUT2D eigenvalue weighted by molar-refractivity contribution is 0.548. The first kappa shape index (κ1) is 9.73. The summed E-state index contributed by atoms with van der Waals surface area (Å²) in [6.07, 6.45) is 0. The van der Waals surface area contributed by atoms with E-state index in [1.165, 1.54) is 0 Å². The van der Waals surface area contributed by atoms with Crippen LogP contribution in [0.2, 0.25) is 0 Å². The highest BCUT2D eigenvalue weighted by atomic mass is 16.4. The number of benzene rings is 1. The Hall–Kier alpha value is -1.81. The Kier molecular flexibility index (Phi) is 2.43. The second kappa shape index (κ2) is 3.74. The molecule has 0 spiro atoms. The molecule has 0 saturated carbocycles. The predicted molar refractivity (Wildman–Crippen MR) is 59.0 cm³/mol. The van der Waals surface area contributed by atoms with Gasteiger partial charge in [0.05, 0.1) is 0 Å². The average molecular weight is 203 g/mol. The fraction of sp³-hybridized carbons (Fsp3) is 0.182. The van der Waals surface area contributed by atoms with Crippen molar-refractivity contribution in [2.45, 2.75) is 13.5 Å². The molecular weight excluding hydrogens is 190 g/mol. The molecule has 0 aliphatic heterocycles. The van der Waals surface area contributed by atoms with Crippen LogP contribution in [0.4, 0.5) is 6.01 Å². The molecule has 1 aromatic heterocycles. The Morgan fingerprint density at radius 2 is 2.07 bits per heavy atom. The second-order valence-corrected chi connectivity index (χ2v) is 3.32. The lowest BCUT2D eigenvalue weighted by atomic mass is 10.0. The van der Waals surface area contributed by atoms with Crippen molar-refractivity contribution in [3.63, 3.8) is 0 Å². The van der Waals surface area contributed by atoms with E-state index in [0.29, 0.717) is 12.3 Å². The summed E-state index contributed by atoms with van der Waals surface area (Å²) in [5, 5.41) is 0. The van der Waals surface area contributed by atoms with Gasteiger partial charge >= 0.3 is 0 Å². The minimum absolute atomic E-state index is 0.189. The number of nitrogens with zero attached hydrogens (tertiary/aromatic N) is 1. The van der Waals surface area contributed by atoms with E-state index in [-0.39, 0.29) is 6.01 Å². The molecule has 0 radical (unpaired) electrons. The lowest BCUT2D eigenvalue weighted by Crippen LogP contribution is -1.99. The first-order valence-electron chi connectivity index (χ1n) is 4.73. The molecule has 0 aliphatic carbocycles. The van der Waals surface area contributed by atoms with Gasteiger partial charge in [-0.3, -0.25) is 0 Å². The summed E-state index contributed by atoms with van der Waals surface area (Å²) in [5.41, 5.74) is 13.9. The molecule has 1 heterocycles. The summed E-state index contributed by atoms with van der Waals surface area (Å²) in [5.74, 6) is 0.716. The Morgan fingerprint density at radius 3 is 2.67 bits per heavy atom. The number of nitrogens with two attached hydrogens (primary N) is 2. The number of rotatable bonds is 2. The van der Waals surface area contributed by atoms with Gasteiger partial charge < -0.3 is 15.9 Å². The molecule has 2 rings (SSSR count). The van der Waals surface area contributed by atoms with Crippen molar-refractivity contribution in [1.82, 2.24) is 4.98 Å². The number of anilines is 1. The van der Waals surface area contributed by atoms with Crippen molar-refractivity contribution in [1.29, 1.82) is 0 Å².